The molecule has 0 saturated carbocycles. The molecule has 0 amide bonds. The molecule has 0 unspecified atom stereocenters. The summed E-state index contributed by atoms with van der Waals surface area (Å²) in [5, 5.41) is 3.53. The Hall–Kier alpha value is -2.92. The number of halogens is 1. The van der Waals surface area contributed by atoms with Crippen molar-refractivity contribution in [3.8, 4) is 5.75 Å². The summed E-state index contributed by atoms with van der Waals surface area (Å²) < 4.78 is 19.0. The van der Waals surface area contributed by atoms with E-state index in [-0.39, 0.29) is 5.82 Å². The third kappa shape index (κ3) is 6.79. The van der Waals surface area contributed by atoms with Gasteiger partial charge in [-0.3, -0.25) is 9.89 Å². The SMILES string of the molecule is C=C(COc1ccc(CC2=NC=CCC2)cc1)NC1CCN(Cc2ccc(F)cc2)CC1. The van der Waals surface area contributed by atoms with Crippen LogP contribution in [0.1, 0.15) is 36.8 Å². The van der Waals surface area contributed by atoms with Crippen molar-refractivity contribution in [1.29, 1.82) is 0 Å². The Labute approximate surface area is 190 Å². The summed E-state index contributed by atoms with van der Waals surface area (Å²) in [5.41, 5.74) is 4.57. The van der Waals surface area contributed by atoms with Gasteiger partial charge in [0.1, 0.15) is 18.2 Å². The number of hydrogen-bond donors (Lipinski definition) is 1. The Bertz CT molecular complexity index is 942. The van der Waals surface area contributed by atoms with Crippen molar-refractivity contribution in [3.63, 3.8) is 0 Å². The topological polar surface area (TPSA) is 36.9 Å². The second kappa shape index (κ2) is 11.1. The van der Waals surface area contributed by atoms with Gasteiger partial charge in [0.05, 0.1) is 0 Å². The molecule has 1 fully saturated rings. The fourth-order valence-electron chi connectivity index (χ4n) is 4.20. The van der Waals surface area contributed by atoms with Gasteiger partial charge in [-0.15, -0.1) is 0 Å². The molecule has 32 heavy (non-hydrogen) atoms. The predicted molar refractivity (Wildman–Crippen MR) is 128 cm³/mol. The molecule has 2 aliphatic heterocycles. The summed E-state index contributed by atoms with van der Waals surface area (Å²) in [7, 11) is 0. The molecule has 4 nitrogen and oxygen atoms in total. The molecular formula is C27H32FN3O. The van der Waals surface area contributed by atoms with Crippen LogP contribution in [0.4, 0.5) is 4.39 Å². The quantitative estimate of drug-likeness (QED) is 0.586. The molecule has 5 heteroatoms. The molecule has 0 aliphatic carbocycles. The Morgan fingerprint density at radius 2 is 1.78 bits per heavy atom. The van der Waals surface area contributed by atoms with Crippen molar-refractivity contribution in [3.05, 3.63) is 90.0 Å². The molecule has 0 aromatic heterocycles. The minimum Gasteiger partial charge on any atom is -0.487 e. The summed E-state index contributed by atoms with van der Waals surface area (Å²) >= 11 is 0. The number of hydrogen-bond acceptors (Lipinski definition) is 4. The average Bonchev–Trinajstić information content (AvgIpc) is 2.82. The van der Waals surface area contributed by atoms with Crippen LogP contribution in [0.3, 0.4) is 0 Å². The van der Waals surface area contributed by atoms with Crippen LogP contribution in [-0.4, -0.2) is 36.3 Å². The number of likely N-dealkylation sites (tertiary alicyclic amines) is 1. The van der Waals surface area contributed by atoms with E-state index >= 15 is 0 Å². The van der Waals surface area contributed by atoms with E-state index in [1.807, 2.05) is 30.5 Å². The highest BCUT2D eigenvalue weighted by atomic mass is 19.1. The van der Waals surface area contributed by atoms with Crippen LogP contribution in [0.5, 0.6) is 5.75 Å². The van der Waals surface area contributed by atoms with Crippen LogP contribution in [0.2, 0.25) is 0 Å². The molecular weight excluding hydrogens is 401 g/mol. The summed E-state index contributed by atoms with van der Waals surface area (Å²) in [5.74, 6) is 0.677. The molecule has 168 valence electrons. The van der Waals surface area contributed by atoms with E-state index in [0.717, 1.165) is 68.7 Å². The number of aliphatic imine (C=N–C) groups is 1. The molecule has 0 bridgehead atoms. The Balaban J connectivity index is 1.15. The number of nitrogens with zero attached hydrogens (tertiary/aromatic N) is 2. The molecule has 1 saturated heterocycles. The number of allylic oxidation sites excluding steroid dienone is 1. The van der Waals surface area contributed by atoms with E-state index in [9.17, 15) is 4.39 Å². The number of piperidine rings is 1. The first kappa shape index (κ1) is 22.3. The second-order valence-corrected chi connectivity index (χ2v) is 8.65. The summed E-state index contributed by atoms with van der Waals surface area (Å²) in [6.07, 6.45) is 9.18. The number of nitrogens with one attached hydrogen (secondary N) is 1. The van der Waals surface area contributed by atoms with Gasteiger partial charge >= 0.3 is 0 Å². The molecule has 4 rings (SSSR count). The number of ether oxygens (including phenoxy) is 1. The van der Waals surface area contributed by atoms with Crippen molar-refractivity contribution in [1.82, 2.24) is 10.2 Å². The van der Waals surface area contributed by atoms with E-state index in [0.29, 0.717) is 12.6 Å². The highest BCUT2D eigenvalue weighted by Gasteiger charge is 2.19. The highest BCUT2D eigenvalue weighted by Crippen LogP contribution is 2.17. The first-order valence-corrected chi connectivity index (χ1v) is 11.5. The van der Waals surface area contributed by atoms with Gasteiger partial charge < -0.3 is 10.1 Å². The maximum absolute atomic E-state index is 13.1. The van der Waals surface area contributed by atoms with Crippen LogP contribution in [-0.2, 0) is 13.0 Å². The summed E-state index contributed by atoms with van der Waals surface area (Å²) in [4.78, 5) is 6.88. The molecule has 2 aromatic rings. The van der Waals surface area contributed by atoms with Crippen LogP contribution in [0.15, 0.2) is 78.1 Å². The summed E-state index contributed by atoms with van der Waals surface area (Å²) in [6.45, 7) is 7.52. The van der Waals surface area contributed by atoms with E-state index in [2.05, 4.69) is 40.0 Å². The van der Waals surface area contributed by atoms with E-state index in [4.69, 9.17) is 4.74 Å². The summed E-state index contributed by atoms with van der Waals surface area (Å²) in [6, 6.07) is 15.5. The van der Waals surface area contributed by atoms with Crippen LogP contribution in [0.25, 0.3) is 0 Å². The van der Waals surface area contributed by atoms with Gasteiger partial charge in [-0.05, 0) is 61.1 Å². The van der Waals surface area contributed by atoms with Gasteiger partial charge in [0.2, 0.25) is 0 Å². The third-order valence-corrected chi connectivity index (χ3v) is 6.02. The third-order valence-electron chi connectivity index (χ3n) is 6.02. The predicted octanol–water partition coefficient (Wildman–Crippen LogP) is 5.26. The van der Waals surface area contributed by atoms with Crippen molar-refractivity contribution < 1.29 is 9.13 Å². The molecule has 2 heterocycles. The van der Waals surface area contributed by atoms with Crippen LogP contribution >= 0.6 is 0 Å². The fraction of sp³-hybridized carbons (Fsp3) is 0.370. The number of benzene rings is 2. The molecule has 0 atom stereocenters. The van der Waals surface area contributed by atoms with E-state index < -0.39 is 0 Å². The van der Waals surface area contributed by atoms with Crippen molar-refractivity contribution in [2.24, 2.45) is 4.99 Å². The van der Waals surface area contributed by atoms with Crippen LogP contribution < -0.4 is 10.1 Å². The second-order valence-electron chi connectivity index (χ2n) is 8.65. The molecule has 0 spiro atoms. The molecule has 1 N–H and O–H groups in total. The lowest BCUT2D eigenvalue weighted by Crippen LogP contribution is -2.42. The standard InChI is InChI=1S/C27H32FN3O/c1-21(20-32-27-11-7-22(8-12-27)18-26-4-2-3-15-29-26)30-25-13-16-31(17-14-25)19-23-5-9-24(28)10-6-23/h3,5-12,15,25,30H,1-2,4,13-14,16-20H2. The van der Waals surface area contributed by atoms with E-state index in [1.54, 1.807) is 0 Å². The fourth-order valence-corrected chi connectivity index (χ4v) is 4.20. The molecule has 0 radical (unpaired) electrons. The van der Waals surface area contributed by atoms with Gasteiger partial charge in [-0.2, -0.15) is 0 Å². The monoisotopic (exact) mass is 433 g/mol. The first-order valence-electron chi connectivity index (χ1n) is 11.5. The van der Waals surface area contributed by atoms with Gasteiger partial charge in [0.15, 0.2) is 0 Å². The normalized spacial score (nSPS) is 17.1. The molecule has 2 aromatic carbocycles. The molecule has 2 aliphatic rings. The number of rotatable bonds is 9. The minimum atomic E-state index is -0.180. The average molecular weight is 434 g/mol. The Kier molecular flexibility index (Phi) is 7.73. The Morgan fingerprint density at radius 1 is 1.06 bits per heavy atom. The zero-order chi connectivity index (χ0) is 22.2. The highest BCUT2D eigenvalue weighted by molar-refractivity contribution is 5.87. The lowest BCUT2D eigenvalue weighted by atomic mass is 10.0. The van der Waals surface area contributed by atoms with Gasteiger partial charge in [0, 0.05) is 49.7 Å². The van der Waals surface area contributed by atoms with Crippen molar-refractivity contribution >= 4 is 5.71 Å². The first-order chi connectivity index (χ1) is 15.6. The van der Waals surface area contributed by atoms with Gasteiger partial charge in [-0.1, -0.05) is 36.9 Å². The van der Waals surface area contributed by atoms with Crippen molar-refractivity contribution in [2.75, 3.05) is 19.7 Å². The lowest BCUT2D eigenvalue weighted by molar-refractivity contribution is 0.192. The van der Waals surface area contributed by atoms with Gasteiger partial charge in [0.25, 0.3) is 0 Å². The lowest BCUT2D eigenvalue weighted by Gasteiger charge is -2.33. The van der Waals surface area contributed by atoms with Crippen LogP contribution in [0, 0.1) is 5.82 Å². The largest absolute Gasteiger partial charge is 0.487 e. The maximum Gasteiger partial charge on any atom is 0.127 e. The van der Waals surface area contributed by atoms with E-state index in [1.165, 1.54) is 23.4 Å². The smallest absolute Gasteiger partial charge is 0.127 e. The van der Waals surface area contributed by atoms with Crippen molar-refractivity contribution in [2.45, 2.75) is 44.7 Å². The zero-order valence-corrected chi connectivity index (χ0v) is 18.6. The Morgan fingerprint density at radius 3 is 2.47 bits per heavy atom. The minimum absolute atomic E-state index is 0.180. The zero-order valence-electron chi connectivity index (χ0n) is 18.6. The maximum atomic E-state index is 13.1. The van der Waals surface area contributed by atoms with Gasteiger partial charge in [-0.25, -0.2) is 4.39 Å².